The van der Waals surface area contributed by atoms with Crippen LogP contribution in [-0.2, 0) is 9.59 Å². The van der Waals surface area contributed by atoms with E-state index in [4.69, 9.17) is 4.74 Å². The third-order valence-electron chi connectivity index (χ3n) is 4.16. The Morgan fingerprint density at radius 1 is 1.10 bits per heavy atom. The molecule has 2 amide bonds. The van der Waals surface area contributed by atoms with E-state index in [2.05, 4.69) is 10.6 Å². The number of hydrogen-bond donors (Lipinski definition) is 2. The number of rotatable bonds is 9. The molecule has 154 valence electrons. The number of ether oxygens (including phenoxy) is 1. The van der Waals surface area contributed by atoms with Crippen LogP contribution in [0.15, 0.2) is 42.5 Å². The van der Waals surface area contributed by atoms with Crippen LogP contribution in [0.1, 0.15) is 12.5 Å². The highest BCUT2D eigenvalue weighted by Crippen LogP contribution is 2.25. The summed E-state index contributed by atoms with van der Waals surface area (Å²) in [7, 11) is 1.54. The summed E-state index contributed by atoms with van der Waals surface area (Å²) >= 11 is 0. The van der Waals surface area contributed by atoms with Gasteiger partial charge in [0.1, 0.15) is 11.4 Å². The molecule has 2 rings (SSSR count). The number of carbonyl (C=O) groups excluding carboxylic acids is 2. The first-order valence-electron chi connectivity index (χ1n) is 9.03. The van der Waals surface area contributed by atoms with Crippen LogP contribution in [-0.4, -0.2) is 48.4 Å². The Morgan fingerprint density at radius 2 is 1.79 bits per heavy atom. The third-order valence-corrected chi connectivity index (χ3v) is 4.16. The minimum Gasteiger partial charge on any atom is -0.497 e. The van der Waals surface area contributed by atoms with Crippen molar-refractivity contribution in [3.63, 3.8) is 0 Å². The number of methoxy groups -OCH3 is 1. The molecule has 0 unspecified atom stereocenters. The molecule has 0 saturated carbocycles. The van der Waals surface area contributed by atoms with Gasteiger partial charge in [-0.3, -0.25) is 24.6 Å². The number of aryl methyl sites for hydroxylation is 1. The molecule has 0 saturated heterocycles. The summed E-state index contributed by atoms with van der Waals surface area (Å²) in [5.74, 6) is -0.101. The molecule has 9 nitrogen and oxygen atoms in total. The van der Waals surface area contributed by atoms with Gasteiger partial charge in [0.15, 0.2) is 0 Å². The van der Waals surface area contributed by atoms with Crippen molar-refractivity contribution >= 4 is 28.9 Å². The van der Waals surface area contributed by atoms with Crippen LogP contribution in [0, 0.1) is 17.0 Å². The fourth-order valence-corrected chi connectivity index (χ4v) is 2.68. The highest BCUT2D eigenvalue weighted by molar-refractivity contribution is 5.96. The van der Waals surface area contributed by atoms with E-state index in [0.29, 0.717) is 18.0 Å². The van der Waals surface area contributed by atoms with E-state index in [0.717, 1.165) is 5.56 Å². The third kappa shape index (κ3) is 6.58. The second kappa shape index (κ2) is 10.2. The Morgan fingerprint density at radius 3 is 2.41 bits per heavy atom. The van der Waals surface area contributed by atoms with E-state index < -0.39 is 10.8 Å². The number of anilines is 2. The van der Waals surface area contributed by atoms with Crippen molar-refractivity contribution in [2.45, 2.75) is 13.8 Å². The maximum absolute atomic E-state index is 12.3. The van der Waals surface area contributed by atoms with Crippen LogP contribution < -0.4 is 15.4 Å². The molecule has 2 N–H and O–H groups in total. The van der Waals surface area contributed by atoms with Crippen molar-refractivity contribution in [2.75, 3.05) is 37.4 Å². The Bertz CT molecular complexity index is 900. The molecule has 0 heterocycles. The molecule has 0 spiro atoms. The minimum atomic E-state index is -0.540. The Labute approximate surface area is 168 Å². The lowest BCUT2D eigenvalue weighted by Crippen LogP contribution is -2.38. The van der Waals surface area contributed by atoms with Gasteiger partial charge in [-0.15, -0.1) is 0 Å². The number of nitro benzene ring substituents is 1. The predicted molar refractivity (Wildman–Crippen MR) is 110 cm³/mol. The maximum Gasteiger partial charge on any atom is 0.293 e. The molecule has 0 atom stereocenters. The molecule has 2 aromatic carbocycles. The predicted octanol–water partition coefficient (Wildman–Crippen LogP) is 2.81. The lowest BCUT2D eigenvalue weighted by molar-refractivity contribution is -0.384. The zero-order chi connectivity index (χ0) is 21.4. The van der Waals surface area contributed by atoms with Gasteiger partial charge in [-0.05, 0) is 37.2 Å². The summed E-state index contributed by atoms with van der Waals surface area (Å²) in [6, 6.07) is 11.5. The van der Waals surface area contributed by atoms with Gasteiger partial charge in [0.25, 0.3) is 5.69 Å². The van der Waals surface area contributed by atoms with Crippen molar-refractivity contribution in [3.8, 4) is 5.75 Å². The second-order valence-electron chi connectivity index (χ2n) is 6.41. The van der Waals surface area contributed by atoms with Gasteiger partial charge in [-0.2, -0.15) is 0 Å². The molecule has 2 aromatic rings. The van der Waals surface area contributed by atoms with Crippen LogP contribution in [0.3, 0.4) is 0 Å². The molecule has 0 aliphatic rings. The first kappa shape index (κ1) is 21.8. The summed E-state index contributed by atoms with van der Waals surface area (Å²) < 4.78 is 5.12. The number of nitrogens with zero attached hydrogens (tertiary/aromatic N) is 2. The van der Waals surface area contributed by atoms with E-state index in [-0.39, 0.29) is 30.4 Å². The van der Waals surface area contributed by atoms with Gasteiger partial charge in [0.05, 0.1) is 25.1 Å². The van der Waals surface area contributed by atoms with Crippen LogP contribution in [0.4, 0.5) is 17.1 Å². The molecular formula is C20H24N4O5. The summed E-state index contributed by atoms with van der Waals surface area (Å²) in [5.41, 5.74) is 1.27. The highest BCUT2D eigenvalue weighted by atomic mass is 16.6. The number of nitrogens with one attached hydrogen (secondary N) is 2. The van der Waals surface area contributed by atoms with Crippen molar-refractivity contribution in [3.05, 3.63) is 58.1 Å². The smallest absolute Gasteiger partial charge is 0.293 e. The fourth-order valence-electron chi connectivity index (χ4n) is 2.68. The standard InChI is InChI=1S/C20H24N4O5/c1-4-23(12-19(25)21-15-6-5-7-16(11-15)29-3)13-20(26)22-17-9-8-14(2)10-18(17)24(27)28/h5-11H,4,12-13H2,1-3H3,(H,21,25)(H,22,26). The summed E-state index contributed by atoms with van der Waals surface area (Å²) in [6.45, 7) is 3.93. The molecule has 0 aliphatic carbocycles. The zero-order valence-corrected chi connectivity index (χ0v) is 16.6. The number of carbonyl (C=O) groups is 2. The van der Waals surface area contributed by atoms with Crippen molar-refractivity contribution < 1.29 is 19.2 Å². The van der Waals surface area contributed by atoms with E-state index >= 15 is 0 Å². The summed E-state index contributed by atoms with van der Waals surface area (Å²) in [6.07, 6.45) is 0. The molecule has 0 aliphatic heterocycles. The summed E-state index contributed by atoms with van der Waals surface area (Å²) in [5, 5.41) is 16.5. The SMILES string of the molecule is CCN(CC(=O)Nc1cccc(OC)c1)CC(=O)Nc1ccc(C)cc1[N+](=O)[O-]. The number of amides is 2. The van der Waals surface area contributed by atoms with Crippen LogP contribution in [0.2, 0.25) is 0 Å². The lowest BCUT2D eigenvalue weighted by Gasteiger charge is -2.19. The molecule has 9 heteroatoms. The Hall–Kier alpha value is -3.46. The monoisotopic (exact) mass is 400 g/mol. The Kier molecular flexibility index (Phi) is 7.67. The molecule has 0 aromatic heterocycles. The van der Waals surface area contributed by atoms with Gasteiger partial charge >= 0.3 is 0 Å². The zero-order valence-electron chi connectivity index (χ0n) is 16.6. The average molecular weight is 400 g/mol. The van der Waals surface area contributed by atoms with Crippen LogP contribution in [0.5, 0.6) is 5.75 Å². The van der Waals surface area contributed by atoms with E-state index in [9.17, 15) is 19.7 Å². The van der Waals surface area contributed by atoms with Crippen molar-refractivity contribution in [1.82, 2.24) is 4.90 Å². The van der Waals surface area contributed by atoms with E-state index in [1.165, 1.54) is 19.2 Å². The largest absolute Gasteiger partial charge is 0.497 e. The quantitative estimate of drug-likeness (QED) is 0.494. The number of nitro groups is 1. The van der Waals surface area contributed by atoms with Crippen molar-refractivity contribution in [1.29, 1.82) is 0 Å². The topological polar surface area (TPSA) is 114 Å². The molecule has 0 bridgehead atoms. The van der Waals surface area contributed by atoms with E-state index in [1.54, 1.807) is 42.2 Å². The fraction of sp³-hybridized carbons (Fsp3) is 0.300. The maximum atomic E-state index is 12.3. The molecule has 29 heavy (non-hydrogen) atoms. The van der Waals surface area contributed by atoms with Crippen LogP contribution >= 0.6 is 0 Å². The first-order chi connectivity index (χ1) is 13.8. The normalized spacial score (nSPS) is 10.5. The number of hydrogen-bond acceptors (Lipinski definition) is 6. The molecule has 0 fully saturated rings. The van der Waals surface area contributed by atoms with Gasteiger partial charge in [0.2, 0.25) is 11.8 Å². The molecular weight excluding hydrogens is 376 g/mol. The lowest BCUT2D eigenvalue weighted by atomic mass is 10.2. The van der Waals surface area contributed by atoms with Gasteiger partial charge in [-0.25, -0.2) is 0 Å². The number of benzene rings is 2. The minimum absolute atomic E-state index is 0.00286. The number of likely N-dealkylation sites (N-methyl/N-ethyl adjacent to an activating group) is 1. The van der Waals surface area contributed by atoms with Gasteiger partial charge in [0, 0.05) is 17.8 Å². The summed E-state index contributed by atoms with van der Waals surface area (Å²) in [4.78, 5) is 36.9. The van der Waals surface area contributed by atoms with Gasteiger partial charge < -0.3 is 15.4 Å². The van der Waals surface area contributed by atoms with Crippen molar-refractivity contribution in [2.24, 2.45) is 0 Å². The first-order valence-corrected chi connectivity index (χ1v) is 9.03. The Balaban J connectivity index is 1.96. The van der Waals surface area contributed by atoms with Crippen LogP contribution in [0.25, 0.3) is 0 Å². The average Bonchev–Trinajstić information content (AvgIpc) is 2.68. The van der Waals surface area contributed by atoms with E-state index in [1.807, 2.05) is 6.92 Å². The second-order valence-corrected chi connectivity index (χ2v) is 6.41. The molecule has 0 radical (unpaired) electrons. The van der Waals surface area contributed by atoms with Gasteiger partial charge in [-0.1, -0.05) is 19.1 Å². The highest BCUT2D eigenvalue weighted by Gasteiger charge is 2.18.